The Bertz CT molecular complexity index is 999. The molecule has 0 aromatic heterocycles. The number of benzene rings is 1. The Morgan fingerprint density at radius 2 is 1.75 bits per heavy atom. The first kappa shape index (κ1) is 22.4. The smallest absolute Gasteiger partial charge is 0.252 e. The number of methoxy groups -OCH3 is 2. The number of piperidine rings is 1. The maximum Gasteiger partial charge on any atom is 0.252 e. The van der Waals surface area contributed by atoms with E-state index in [9.17, 15) is 9.59 Å². The highest BCUT2D eigenvalue weighted by molar-refractivity contribution is 6.05. The van der Waals surface area contributed by atoms with Crippen LogP contribution in [-0.4, -0.2) is 43.9 Å². The standard InChI is InChI=1S/C26H34N2O4/c1-16-22(25(30)28-11-7-6-8-12-28)23(17-9-10-20(31-4)21(13-17)32-5)24-18(27-16)14-26(2,3)15-19(24)29/h9-10,13,23,27H,6-8,11-12,14-15H2,1-5H3/t23-/m0/s1. The maximum atomic E-state index is 13.8. The van der Waals surface area contributed by atoms with E-state index in [0.717, 1.165) is 61.3 Å². The molecule has 1 aromatic rings. The van der Waals surface area contributed by atoms with Crippen LogP contribution in [0.25, 0.3) is 0 Å². The predicted molar refractivity (Wildman–Crippen MR) is 124 cm³/mol. The summed E-state index contributed by atoms with van der Waals surface area (Å²) in [6.45, 7) is 7.73. The fraction of sp³-hybridized carbons (Fsp3) is 0.538. The summed E-state index contributed by atoms with van der Waals surface area (Å²) < 4.78 is 11.0. The number of dihydropyridines is 1. The molecule has 172 valence electrons. The topological polar surface area (TPSA) is 67.9 Å². The number of amides is 1. The van der Waals surface area contributed by atoms with Crippen molar-refractivity contribution in [2.45, 2.75) is 58.8 Å². The van der Waals surface area contributed by atoms with Gasteiger partial charge in [-0.05, 0) is 55.7 Å². The van der Waals surface area contributed by atoms with Gasteiger partial charge in [0.1, 0.15) is 0 Å². The fourth-order valence-corrected chi connectivity index (χ4v) is 5.35. The second-order valence-electron chi connectivity index (χ2n) is 9.90. The number of nitrogens with one attached hydrogen (secondary N) is 1. The molecule has 0 unspecified atom stereocenters. The van der Waals surface area contributed by atoms with Gasteiger partial charge in [0, 0.05) is 48.0 Å². The Balaban J connectivity index is 1.86. The van der Waals surface area contributed by atoms with Crippen molar-refractivity contribution in [3.8, 4) is 11.5 Å². The van der Waals surface area contributed by atoms with Crippen LogP contribution >= 0.6 is 0 Å². The normalized spacial score (nSPS) is 23.0. The minimum atomic E-state index is -0.413. The molecule has 3 aliphatic rings. The summed E-state index contributed by atoms with van der Waals surface area (Å²) in [6, 6.07) is 5.71. The Labute approximate surface area is 190 Å². The molecule has 6 nitrogen and oxygen atoms in total. The van der Waals surface area contributed by atoms with Crippen LogP contribution in [0.3, 0.4) is 0 Å². The number of nitrogens with zero attached hydrogens (tertiary/aromatic N) is 1. The van der Waals surface area contributed by atoms with E-state index in [1.165, 1.54) is 0 Å². The van der Waals surface area contributed by atoms with Crippen molar-refractivity contribution in [1.29, 1.82) is 0 Å². The number of likely N-dealkylation sites (tertiary alicyclic amines) is 1. The summed E-state index contributed by atoms with van der Waals surface area (Å²) in [7, 11) is 3.20. The van der Waals surface area contributed by atoms with Gasteiger partial charge in [-0.15, -0.1) is 0 Å². The van der Waals surface area contributed by atoms with Crippen molar-refractivity contribution in [3.63, 3.8) is 0 Å². The molecule has 1 N–H and O–H groups in total. The average molecular weight is 439 g/mol. The highest BCUT2D eigenvalue weighted by atomic mass is 16.5. The number of allylic oxidation sites excluding steroid dienone is 3. The average Bonchev–Trinajstić information content (AvgIpc) is 2.77. The lowest BCUT2D eigenvalue weighted by Gasteiger charge is -2.41. The van der Waals surface area contributed by atoms with Crippen molar-refractivity contribution in [2.24, 2.45) is 5.41 Å². The van der Waals surface area contributed by atoms with Gasteiger partial charge in [0.05, 0.1) is 14.2 Å². The first-order valence-corrected chi connectivity index (χ1v) is 11.5. The number of carbonyl (C=O) groups is 2. The molecule has 0 bridgehead atoms. The van der Waals surface area contributed by atoms with Gasteiger partial charge < -0.3 is 19.7 Å². The molecule has 0 spiro atoms. The largest absolute Gasteiger partial charge is 0.493 e. The maximum absolute atomic E-state index is 13.8. The molecular formula is C26H34N2O4. The van der Waals surface area contributed by atoms with Gasteiger partial charge in [0.2, 0.25) is 0 Å². The molecule has 1 amide bonds. The molecule has 32 heavy (non-hydrogen) atoms. The molecule has 1 fully saturated rings. The Kier molecular flexibility index (Phi) is 6.06. The molecule has 0 saturated carbocycles. The minimum Gasteiger partial charge on any atom is -0.493 e. The second kappa shape index (κ2) is 8.64. The third-order valence-corrected chi connectivity index (χ3v) is 6.85. The van der Waals surface area contributed by atoms with E-state index in [-0.39, 0.29) is 17.1 Å². The van der Waals surface area contributed by atoms with E-state index in [2.05, 4.69) is 19.2 Å². The van der Waals surface area contributed by atoms with Gasteiger partial charge >= 0.3 is 0 Å². The number of ether oxygens (including phenoxy) is 2. The molecule has 0 radical (unpaired) electrons. The van der Waals surface area contributed by atoms with Gasteiger partial charge in [-0.1, -0.05) is 19.9 Å². The lowest BCUT2D eigenvalue weighted by Crippen LogP contribution is -2.43. The summed E-state index contributed by atoms with van der Waals surface area (Å²) in [5.74, 6) is 0.944. The third kappa shape index (κ3) is 4.03. The van der Waals surface area contributed by atoms with E-state index in [1.807, 2.05) is 30.0 Å². The molecule has 1 aliphatic carbocycles. The number of hydrogen-bond acceptors (Lipinski definition) is 5. The second-order valence-corrected chi connectivity index (χ2v) is 9.90. The van der Waals surface area contributed by atoms with Crippen LogP contribution in [0.15, 0.2) is 40.7 Å². The quantitative estimate of drug-likeness (QED) is 0.758. The molecule has 1 aromatic carbocycles. The summed E-state index contributed by atoms with van der Waals surface area (Å²) in [5.41, 5.74) is 3.95. The SMILES string of the molecule is COc1ccc([C@H]2C(C(=O)N3CCCCC3)=C(C)NC3=C2C(=O)CC(C)(C)C3)cc1OC. The van der Waals surface area contributed by atoms with Crippen molar-refractivity contribution in [3.05, 3.63) is 46.3 Å². The Hall–Kier alpha value is -2.76. The van der Waals surface area contributed by atoms with E-state index >= 15 is 0 Å². The van der Waals surface area contributed by atoms with Crippen LogP contribution in [-0.2, 0) is 9.59 Å². The van der Waals surface area contributed by atoms with Gasteiger partial charge in [0.15, 0.2) is 17.3 Å². The Morgan fingerprint density at radius 3 is 2.41 bits per heavy atom. The van der Waals surface area contributed by atoms with E-state index in [0.29, 0.717) is 23.5 Å². The zero-order valence-corrected chi connectivity index (χ0v) is 19.8. The zero-order chi connectivity index (χ0) is 23.0. The first-order valence-electron chi connectivity index (χ1n) is 11.5. The monoisotopic (exact) mass is 438 g/mol. The summed E-state index contributed by atoms with van der Waals surface area (Å²) in [5, 5.41) is 3.46. The number of rotatable bonds is 4. The lowest BCUT2D eigenvalue weighted by molar-refractivity contribution is -0.128. The third-order valence-electron chi connectivity index (χ3n) is 6.85. The minimum absolute atomic E-state index is 0.0265. The Morgan fingerprint density at radius 1 is 1.06 bits per heavy atom. The first-order chi connectivity index (χ1) is 15.3. The van der Waals surface area contributed by atoms with Crippen LogP contribution in [0, 0.1) is 5.41 Å². The summed E-state index contributed by atoms with van der Waals surface area (Å²) in [4.78, 5) is 29.2. The van der Waals surface area contributed by atoms with Crippen molar-refractivity contribution in [2.75, 3.05) is 27.3 Å². The molecule has 2 heterocycles. The fourth-order valence-electron chi connectivity index (χ4n) is 5.35. The summed E-state index contributed by atoms with van der Waals surface area (Å²) in [6.07, 6.45) is 4.45. The highest BCUT2D eigenvalue weighted by Gasteiger charge is 2.43. The number of hydrogen-bond donors (Lipinski definition) is 1. The predicted octanol–water partition coefficient (Wildman–Crippen LogP) is 4.32. The highest BCUT2D eigenvalue weighted by Crippen LogP contribution is 2.48. The van der Waals surface area contributed by atoms with E-state index in [4.69, 9.17) is 9.47 Å². The van der Waals surface area contributed by atoms with E-state index in [1.54, 1.807) is 14.2 Å². The van der Waals surface area contributed by atoms with Crippen LogP contribution in [0.1, 0.15) is 64.4 Å². The molecule has 4 rings (SSSR count). The van der Waals surface area contributed by atoms with Crippen molar-refractivity contribution >= 4 is 11.7 Å². The zero-order valence-electron chi connectivity index (χ0n) is 19.8. The van der Waals surface area contributed by atoms with Gasteiger partial charge in [-0.2, -0.15) is 0 Å². The molecular weight excluding hydrogens is 404 g/mol. The van der Waals surface area contributed by atoms with Crippen LogP contribution in [0.2, 0.25) is 0 Å². The molecule has 2 aliphatic heterocycles. The number of Topliss-reactive ketones (excluding diaryl/α,β-unsaturated/α-hetero) is 1. The molecule has 6 heteroatoms. The molecule has 1 saturated heterocycles. The lowest BCUT2D eigenvalue weighted by atomic mass is 9.68. The van der Waals surface area contributed by atoms with Gasteiger partial charge in [-0.25, -0.2) is 0 Å². The van der Waals surface area contributed by atoms with E-state index < -0.39 is 5.92 Å². The summed E-state index contributed by atoms with van der Waals surface area (Å²) >= 11 is 0. The number of ketones is 1. The van der Waals surface area contributed by atoms with Crippen LogP contribution < -0.4 is 14.8 Å². The molecule has 1 atom stereocenters. The van der Waals surface area contributed by atoms with Crippen LogP contribution in [0.5, 0.6) is 11.5 Å². The van der Waals surface area contributed by atoms with Crippen molar-refractivity contribution in [1.82, 2.24) is 10.2 Å². The number of carbonyl (C=O) groups excluding carboxylic acids is 2. The van der Waals surface area contributed by atoms with Crippen LogP contribution in [0.4, 0.5) is 0 Å². The van der Waals surface area contributed by atoms with Gasteiger partial charge in [0.25, 0.3) is 5.91 Å². The van der Waals surface area contributed by atoms with Crippen molar-refractivity contribution < 1.29 is 19.1 Å². The van der Waals surface area contributed by atoms with Gasteiger partial charge in [-0.3, -0.25) is 9.59 Å².